The van der Waals surface area contributed by atoms with Crippen LogP contribution in [0.1, 0.15) is 96.8 Å². The van der Waals surface area contributed by atoms with E-state index >= 15 is 0 Å². The third-order valence-corrected chi connectivity index (χ3v) is 4.03. The summed E-state index contributed by atoms with van der Waals surface area (Å²) in [6, 6.07) is 0. The lowest BCUT2D eigenvalue weighted by Crippen LogP contribution is -2.23. The van der Waals surface area contributed by atoms with Gasteiger partial charge in [-0.2, -0.15) is 0 Å². The molecule has 2 radical (unpaired) electrons. The first-order valence-electron chi connectivity index (χ1n) is 9.58. The highest BCUT2D eigenvalue weighted by Gasteiger charge is 2.08. The van der Waals surface area contributed by atoms with Gasteiger partial charge in [0.2, 0.25) is 0 Å². The van der Waals surface area contributed by atoms with Crippen LogP contribution in [0.2, 0.25) is 0 Å². The number of hydrogen-bond acceptors (Lipinski definition) is 4. The van der Waals surface area contributed by atoms with Gasteiger partial charge in [0.05, 0.1) is 6.54 Å². The minimum atomic E-state index is -0.493. The predicted octanol–water partition coefficient (Wildman–Crippen LogP) is 4.38. The Kier molecular flexibility index (Phi) is 22.7. The van der Waals surface area contributed by atoms with Gasteiger partial charge in [-0.1, -0.05) is 84.0 Å². The number of carbonyl (C=O) groups is 2. The Bertz CT molecular complexity index is 298. The van der Waals surface area contributed by atoms with Crippen molar-refractivity contribution in [2.45, 2.75) is 96.8 Å². The van der Waals surface area contributed by atoms with Crippen molar-refractivity contribution in [3.05, 3.63) is 0 Å². The molecule has 0 rings (SSSR count). The number of esters is 2. The highest BCUT2D eigenvalue weighted by atomic mass is 24.3. The van der Waals surface area contributed by atoms with Gasteiger partial charge in [0.25, 0.3) is 0 Å². The van der Waals surface area contributed by atoms with E-state index in [2.05, 4.69) is 17.0 Å². The maximum Gasteiger partial charge on any atom is 0.327 e. The number of hydrogen-bond donors (Lipinski definition) is 1. The van der Waals surface area contributed by atoms with E-state index in [9.17, 15) is 9.59 Å². The van der Waals surface area contributed by atoms with Crippen LogP contribution in [0.25, 0.3) is 0 Å². The minimum absolute atomic E-state index is 0. The molecule has 0 unspecified atom stereocenters. The zero-order chi connectivity index (χ0) is 17.2. The van der Waals surface area contributed by atoms with Crippen LogP contribution in [0.3, 0.4) is 0 Å². The maximum atomic E-state index is 11.4. The highest BCUT2D eigenvalue weighted by molar-refractivity contribution is 5.86. The monoisotopic (exact) mass is 351 g/mol. The van der Waals surface area contributed by atoms with Gasteiger partial charge < -0.3 is 10.1 Å². The summed E-state index contributed by atoms with van der Waals surface area (Å²) in [5, 5.41) is 2.66. The molecular formula is C19H37MgNO3. The molecule has 24 heavy (non-hydrogen) atoms. The summed E-state index contributed by atoms with van der Waals surface area (Å²) in [7, 11) is 1.65. The summed E-state index contributed by atoms with van der Waals surface area (Å²) in [4.78, 5) is 22.4. The third-order valence-electron chi connectivity index (χ3n) is 4.03. The SMILES string of the molecule is CCCCCCCCCCCCCCCC(=O)OC(=O)CNC.[Mg]. The summed E-state index contributed by atoms with van der Waals surface area (Å²) in [6.45, 7) is 2.34. The van der Waals surface area contributed by atoms with Crippen molar-refractivity contribution in [3.8, 4) is 0 Å². The van der Waals surface area contributed by atoms with Crippen molar-refractivity contribution in [1.82, 2.24) is 5.32 Å². The van der Waals surface area contributed by atoms with Crippen LogP contribution in [0.4, 0.5) is 0 Å². The third kappa shape index (κ3) is 19.9. The van der Waals surface area contributed by atoms with Crippen LogP contribution >= 0.6 is 0 Å². The van der Waals surface area contributed by atoms with Gasteiger partial charge in [-0.25, -0.2) is 0 Å². The van der Waals surface area contributed by atoms with Crippen LogP contribution in [0, 0.1) is 0 Å². The average molecular weight is 352 g/mol. The van der Waals surface area contributed by atoms with Crippen molar-refractivity contribution in [2.75, 3.05) is 13.6 Å². The highest BCUT2D eigenvalue weighted by Crippen LogP contribution is 2.13. The number of unbranched alkanes of at least 4 members (excludes halogenated alkanes) is 12. The molecule has 0 heterocycles. The predicted molar refractivity (Wildman–Crippen MR) is 101 cm³/mol. The number of ether oxygens (including phenoxy) is 1. The second-order valence-corrected chi connectivity index (χ2v) is 6.37. The van der Waals surface area contributed by atoms with Crippen molar-refractivity contribution in [2.24, 2.45) is 0 Å². The van der Waals surface area contributed by atoms with Crippen molar-refractivity contribution >= 4 is 35.0 Å². The van der Waals surface area contributed by atoms with Crippen LogP contribution in [0.15, 0.2) is 0 Å². The van der Waals surface area contributed by atoms with E-state index in [1.54, 1.807) is 7.05 Å². The van der Waals surface area contributed by atoms with E-state index in [0.717, 1.165) is 12.8 Å². The Morgan fingerprint density at radius 1 is 0.708 bits per heavy atom. The van der Waals surface area contributed by atoms with Crippen LogP contribution < -0.4 is 5.32 Å². The normalized spacial score (nSPS) is 10.2. The lowest BCUT2D eigenvalue weighted by molar-refractivity contribution is -0.158. The molecule has 138 valence electrons. The zero-order valence-corrected chi connectivity index (χ0v) is 17.5. The van der Waals surface area contributed by atoms with Gasteiger partial charge >= 0.3 is 11.9 Å². The molecule has 1 N–H and O–H groups in total. The first-order valence-corrected chi connectivity index (χ1v) is 9.58. The van der Waals surface area contributed by atoms with Crippen molar-refractivity contribution in [3.63, 3.8) is 0 Å². The molecule has 0 aromatic rings. The largest absolute Gasteiger partial charge is 0.392 e. The Balaban J connectivity index is 0. The molecule has 0 aliphatic rings. The average Bonchev–Trinajstić information content (AvgIpc) is 2.52. The zero-order valence-electron chi connectivity index (χ0n) is 16.0. The quantitative estimate of drug-likeness (QED) is 0.194. The molecule has 0 aromatic heterocycles. The summed E-state index contributed by atoms with van der Waals surface area (Å²) >= 11 is 0. The smallest absolute Gasteiger partial charge is 0.327 e. The number of carbonyl (C=O) groups excluding carboxylic acids is 2. The van der Waals surface area contributed by atoms with E-state index in [-0.39, 0.29) is 29.6 Å². The molecule has 0 aliphatic heterocycles. The summed E-state index contributed by atoms with van der Waals surface area (Å²) < 4.78 is 4.66. The van der Waals surface area contributed by atoms with Gasteiger partial charge in [-0.05, 0) is 13.5 Å². The molecule has 5 heteroatoms. The standard InChI is InChI=1S/C19H37NO3.Mg/c1-3-4-5-6-7-8-9-10-11-12-13-14-15-16-18(21)23-19(22)17-20-2;/h20H,3-17H2,1-2H3;. The molecule has 4 nitrogen and oxygen atoms in total. The van der Waals surface area contributed by atoms with E-state index < -0.39 is 11.9 Å². The Morgan fingerprint density at radius 3 is 1.54 bits per heavy atom. The fraction of sp³-hybridized carbons (Fsp3) is 0.895. The molecular weight excluding hydrogens is 315 g/mol. The van der Waals surface area contributed by atoms with E-state index in [4.69, 9.17) is 0 Å². The second kappa shape index (κ2) is 20.9. The molecule has 0 saturated carbocycles. The molecule has 0 atom stereocenters. The van der Waals surface area contributed by atoms with Gasteiger partial charge in [-0.15, -0.1) is 0 Å². The van der Waals surface area contributed by atoms with Gasteiger partial charge in [0.15, 0.2) is 0 Å². The van der Waals surface area contributed by atoms with E-state index in [1.807, 2.05) is 0 Å². The lowest BCUT2D eigenvalue weighted by Gasteiger charge is -2.04. The number of likely N-dealkylation sites (N-methyl/N-ethyl adjacent to an activating group) is 1. The maximum absolute atomic E-state index is 11.4. The van der Waals surface area contributed by atoms with E-state index in [0.29, 0.717) is 6.42 Å². The fourth-order valence-electron chi connectivity index (χ4n) is 2.65. The van der Waals surface area contributed by atoms with Gasteiger partial charge in [-0.3, -0.25) is 9.59 Å². The van der Waals surface area contributed by atoms with Crippen molar-refractivity contribution < 1.29 is 14.3 Å². The molecule has 0 aliphatic carbocycles. The Hall–Kier alpha value is -0.134. The van der Waals surface area contributed by atoms with Crippen molar-refractivity contribution in [1.29, 1.82) is 0 Å². The Morgan fingerprint density at radius 2 is 1.12 bits per heavy atom. The van der Waals surface area contributed by atoms with Gasteiger partial charge in [0.1, 0.15) is 0 Å². The first-order chi connectivity index (χ1) is 11.2. The Labute approximate surface area is 165 Å². The topological polar surface area (TPSA) is 55.4 Å². The summed E-state index contributed by atoms with van der Waals surface area (Å²) in [5.74, 6) is -0.888. The lowest BCUT2D eigenvalue weighted by atomic mass is 10.0. The molecule has 0 spiro atoms. The molecule has 0 bridgehead atoms. The molecule has 0 amide bonds. The van der Waals surface area contributed by atoms with E-state index in [1.165, 1.54) is 70.6 Å². The summed E-state index contributed by atoms with van der Waals surface area (Å²) in [5.41, 5.74) is 0. The first kappa shape index (κ1) is 26.1. The fourth-order valence-corrected chi connectivity index (χ4v) is 2.65. The number of rotatable bonds is 16. The second-order valence-electron chi connectivity index (χ2n) is 6.37. The molecule has 0 saturated heterocycles. The molecule has 0 aromatic carbocycles. The minimum Gasteiger partial charge on any atom is -0.392 e. The summed E-state index contributed by atoms with van der Waals surface area (Å²) in [6.07, 6.45) is 17.0. The molecule has 0 fully saturated rings. The number of nitrogens with one attached hydrogen (secondary N) is 1. The van der Waals surface area contributed by atoms with Gasteiger partial charge in [0, 0.05) is 29.5 Å². The van der Waals surface area contributed by atoms with Crippen LogP contribution in [-0.2, 0) is 14.3 Å². The van der Waals surface area contributed by atoms with Crippen LogP contribution in [0.5, 0.6) is 0 Å². The van der Waals surface area contributed by atoms with Crippen LogP contribution in [-0.4, -0.2) is 48.6 Å².